The number of rotatable bonds is 4. The van der Waals surface area contributed by atoms with Crippen molar-refractivity contribution in [2.75, 3.05) is 26.2 Å². The van der Waals surface area contributed by atoms with Gasteiger partial charge in [-0.15, -0.1) is 38.0 Å². The number of halogens is 8. The van der Waals surface area contributed by atoms with Crippen LogP contribution in [0.1, 0.15) is 17.2 Å². The molecule has 0 radical (unpaired) electrons. The minimum atomic E-state index is -4.84. The zero-order valence-corrected chi connectivity index (χ0v) is 16.4. The molecule has 0 amide bonds. The summed E-state index contributed by atoms with van der Waals surface area (Å²) in [5.41, 5.74) is 0.0265. The Labute approximate surface area is 175 Å². The largest absolute Gasteiger partial charge is 0.573 e. The Kier molecular flexibility index (Phi) is 9.08. The lowest BCUT2D eigenvalue weighted by Crippen LogP contribution is -2.45. The number of piperazine rings is 1. The Balaban J connectivity index is 0.00000210. The second-order valence-corrected chi connectivity index (χ2v) is 6.09. The second-order valence-electron chi connectivity index (χ2n) is 6.09. The molecular formula is C18H18Cl2F6N2O. The molecule has 3 nitrogen and oxygen atoms in total. The van der Waals surface area contributed by atoms with Gasteiger partial charge in [-0.3, -0.25) is 4.90 Å². The SMILES string of the molecule is Cl.Cl.Fc1cc(F)c([C@H](c2ccc(OC(F)(F)F)cc2)N2CCNCC2)c(F)c1. The lowest BCUT2D eigenvalue weighted by Gasteiger charge is -2.35. The number of hydrogen-bond donors (Lipinski definition) is 1. The molecule has 3 rings (SSSR count). The molecular weight excluding hydrogens is 445 g/mol. The predicted octanol–water partition coefficient (Wildman–Crippen LogP) is 4.84. The highest BCUT2D eigenvalue weighted by molar-refractivity contribution is 5.85. The van der Waals surface area contributed by atoms with Gasteiger partial charge in [-0.25, -0.2) is 13.2 Å². The number of benzene rings is 2. The van der Waals surface area contributed by atoms with E-state index in [0.717, 1.165) is 12.1 Å². The first-order valence-corrected chi connectivity index (χ1v) is 8.19. The number of ether oxygens (including phenoxy) is 1. The van der Waals surface area contributed by atoms with E-state index in [2.05, 4.69) is 10.1 Å². The maximum absolute atomic E-state index is 14.4. The molecule has 0 saturated carbocycles. The molecule has 1 fully saturated rings. The van der Waals surface area contributed by atoms with Gasteiger partial charge in [-0.2, -0.15) is 0 Å². The van der Waals surface area contributed by atoms with Crippen LogP contribution >= 0.6 is 24.8 Å². The lowest BCUT2D eigenvalue weighted by molar-refractivity contribution is -0.274. The molecule has 11 heteroatoms. The molecule has 1 aliphatic heterocycles. The molecule has 1 heterocycles. The first-order valence-electron chi connectivity index (χ1n) is 8.19. The molecule has 1 N–H and O–H groups in total. The van der Waals surface area contributed by atoms with E-state index in [1.807, 2.05) is 0 Å². The summed E-state index contributed by atoms with van der Waals surface area (Å²) >= 11 is 0. The van der Waals surface area contributed by atoms with E-state index in [1.165, 1.54) is 12.1 Å². The number of hydrogen-bond acceptors (Lipinski definition) is 3. The van der Waals surface area contributed by atoms with E-state index in [1.54, 1.807) is 4.90 Å². The van der Waals surface area contributed by atoms with Crippen molar-refractivity contribution in [2.24, 2.45) is 0 Å². The third-order valence-electron chi connectivity index (χ3n) is 4.26. The van der Waals surface area contributed by atoms with Crippen LogP contribution in [0.4, 0.5) is 26.3 Å². The molecule has 0 aliphatic carbocycles. The third-order valence-corrected chi connectivity index (χ3v) is 4.26. The molecule has 0 bridgehead atoms. The smallest absolute Gasteiger partial charge is 0.406 e. The van der Waals surface area contributed by atoms with Crippen LogP contribution in [-0.2, 0) is 0 Å². The van der Waals surface area contributed by atoms with Gasteiger partial charge in [0.2, 0.25) is 0 Å². The Hall–Kier alpha value is -1.68. The van der Waals surface area contributed by atoms with Crippen LogP contribution in [0, 0.1) is 17.5 Å². The van der Waals surface area contributed by atoms with Crippen molar-refractivity contribution in [3.8, 4) is 5.75 Å². The topological polar surface area (TPSA) is 24.5 Å². The van der Waals surface area contributed by atoms with Gasteiger partial charge in [-0.1, -0.05) is 12.1 Å². The van der Waals surface area contributed by atoms with Crippen molar-refractivity contribution in [2.45, 2.75) is 12.4 Å². The summed E-state index contributed by atoms with van der Waals surface area (Å²) in [5.74, 6) is -3.58. The monoisotopic (exact) mass is 462 g/mol. The van der Waals surface area contributed by atoms with Crippen molar-refractivity contribution in [3.63, 3.8) is 0 Å². The average Bonchev–Trinajstić information content (AvgIpc) is 2.58. The van der Waals surface area contributed by atoms with Crippen LogP contribution in [0.15, 0.2) is 36.4 Å². The third kappa shape index (κ3) is 6.40. The van der Waals surface area contributed by atoms with Crippen LogP contribution in [0.2, 0.25) is 0 Å². The summed E-state index contributed by atoms with van der Waals surface area (Å²) in [6.07, 6.45) is -4.84. The molecule has 0 unspecified atom stereocenters. The minimum absolute atomic E-state index is 0. The van der Waals surface area contributed by atoms with Gasteiger partial charge in [0.1, 0.15) is 23.2 Å². The highest BCUT2D eigenvalue weighted by Gasteiger charge is 2.32. The highest BCUT2D eigenvalue weighted by atomic mass is 35.5. The van der Waals surface area contributed by atoms with Gasteiger partial charge in [-0.05, 0) is 17.7 Å². The summed E-state index contributed by atoms with van der Waals surface area (Å²) in [5, 5.41) is 3.11. The zero-order valence-electron chi connectivity index (χ0n) is 14.8. The molecule has 2 aromatic carbocycles. The van der Waals surface area contributed by atoms with Crippen LogP contribution in [-0.4, -0.2) is 37.4 Å². The average molecular weight is 463 g/mol. The van der Waals surface area contributed by atoms with E-state index >= 15 is 0 Å². The standard InChI is InChI=1S/C18H16F6N2O.2ClH/c19-12-9-14(20)16(15(21)10-12)17(26-7-5-25-6-8-26)11-1-3-13(4-2-11)27-18(22,23)24;;/h1-4,9-10,17,25H,5-8H2;2*1H/t17-;;/m0../s1. The quantitative estimate of drug-likeness (QED) is 0.657. The Morgan fingerprint density at radius 1 is 0.897 bits per heavy atom. The van der Waals surface area contributed by atoms with Crippen molar-refractivity contribution < 1.29 is 31.1 Å². The van der Waals surface area contributed by atoms with Gasteiger partial charge in [0.25, 0.3) is 0 Å². The molecule has 162 valence electrons. The normalized spacial score (nSPS) is 15.8. The first kappa shape index (κ1) is 25.4. The Bertz CT molecular complexity index is 775. The van der Waals surface area contributed by atoms with Gasteiger partial charge < -0.3 is 10.1 Å². The Morgan fingerprint density at radius 3 is 1.90 bits per heavy atom. The van der Waals surface area contributed by atoms with E-state index < -0.39 is 35.6 Å². The van der Waals surface area contributed by atoms with Gasteiger partial charge in [0, 0.05) is 43.9 Å². The fourth-order valence-corrected chi connectivity index (χ4v) is 3.17. The van der Waals surface area contributed by atoms with Crippen molar-refractivity contribution in [1.82, 2.24) is 10.2 Å². The van der Waals surface area contributed by atoms with Crippen molar-refractivity contribution in [3.05, 3.63) is 65.0 Å². The van der Waals surface area contributed by atoms with E-state index in [4.69, 9.17) is 0 Å². The fourth-order valence-electron chi connectivity index (χ4n) is 3.17. The minimum Gasteiger partial charge on any atom is -0.406 e. The van der Waals surface area contributed by atoms with E-state index in [-0.39, 0.29) is 30.4 Å². The summed E-state index contributed by atoms with van der Waals surface area (Å²) in [6.45, 7) is 2.08. The fraction of sp³-hybridized carbons (Fsp3) is 0.333. The molecule has 0 aromatic heterocycles. The number of nitrogens with zero attached hydrogens (tertiary/aromatic N) is 1. The highest BCUT2D eigenvalue weighted by Crippen LogP contribution is 2.34. The molecule has 1 atom stereocenters. The summed E-state index contributed by atoms with van der Waals surface area (Å²) < 4.78 is 82.9. The van der Waals surface area contributed by atoms with E-state index in [0.29, 0.717) is 43.9 Å². The molecule has 29 heavy (non-hydrogen) atoms. The maximum atomic E-state index is 14.4. The lowest BCUT2D eigenvalue weighted by atomic mass is 9.95. The van der Waals surface area contributed by atoms with Crippen LogP contribution in [0.5, 0.6) is 5.75 Å². The van der Waals surface area contributed by atoms with Crippen LogP contribution in [0.25, 0.3) is 0 Å². The van der Waals surface area contributed by atoms with Gasteiger partial charge in [0.05, 0.1) is 6.04 Å². The van der Waals surface area contributed by atoms with Crippen molar-refractivity contribution in [1.29, 1.82) is 0 Å². The number of nitrogens with one attached hydrogen (secondary N) is 1. The predicted molar refractivity (Wildman–Crippen MR) is 100 cm³/mol. The van der Waals surface area contributed by atoms with Crippen LogP contribution < -0.4 is 10.1 Å². The summed E-state index contributed by atoms with van der Waals surface area (Å²) in [7, 11) is 0. The Morgan fingerprint density at radius 2 is 1.41 bits per heavy atom. The summed E-state index contributed by atoms with van der Waals surface area (Å²) in [4.78, 5) is 1.79. The zero-order chi connectivity index (χ0) is 19.6. The second kappa shape index (κ2) is 10.4. The molecule has 0 spiro atoms. The van der Waals surface area contributed by atoms with E-state index in [9.17, 15) is 26.3 Å². The summed E-state index contributed by atoms with van der Waals surface area (Å²) in [6, 6.07) is 5.07. The molecule has 1 aliphatic rings. The maximum Gasteiger partial charge on any atom is 0.573 e. The molecule has 2 aromatic rings. The first-order chi connectivity index (χ1) is 12.7. The van der Waals surface area contributed by atoms with Crippen LogP contribution in [0.3, 0.4) is 0 Å². The van der Waals surface area contributed by atoms with Gasteiger partial charge >= 0.3 is 6.36 Å². The number of alkyl halides is 3. The van der Waals surface area contributed by atoms with Crippen molar-refractivity contribution >= 4 is 24.8 Å². The van der Waals surface area contributed by atoms with Gasteiger partial charge in [0.15, 0.2) is 0 Å². The molecule has 1 saturated heterocycles.